The van der Waals surface area contributed by atoms with Crippen LogP contribution in [-0.4, -0.2) is 380 Å². The zero-order valence-electron chi connectivity index (χ0n) is 78.4. The van der Waals surface area contributed by atoms with E-state index in [0.717, 1.165) is 103 Å². The van der Waals surface area contributed by atoms with Crippen molar-refractivity contribution in [2.75, 3.05) is 45.8 Å². The Morgan fingerprint density at radius 1 is 0.362 bits per heavy atom. The molecule has 0 aromatic carbocycles. The van der Waals surface area contributed by atoms with Gasteiger partial charge in [-0.05, 0) is 248 Å². The van der Waals surface area contributed by atoms with Gasteiger partial charge in [-0.1, -0.05) is 0 Å². The van der Waals surface area contributed by atoms with Gasteiger partial charge >= 0.3 is 12.2 Å². The van der Waals surface area contributed by atoms with Crippen molar-refractivity contribution < 1.29 is 107 Å². The zero-order valence-corrected chi connectivity index (χ0v) is 78.4. The van der Waals surface area contributed by atoms with Gasteiger partial charge in [-0.25, -0.2) is 9.59 Å². The van der Waals surface area contributed by atoms with E-state index in [4.69, 9.17) is 32.4 Å². The zero-order chi connectivity index (χ0) is 95.5. The van der Waals surface area contributed by atoms with Gasteiger partial charge in [-0.15, -0.1) is 0 Å². The summed E-state index contributed by atoms with van der Waals surface area (Å²) in [7, 11) is 0. The topological polar surface area (TPSA) is 563 Å². The van der Waals surface area contributed by atoms with Crippen molar-refractivity contribution in [3.05, 3.63) is 0 Å². The molecule has 6 spiro atoms. The first kappa shape index (κ1) is 103. The number of aliphatic hydroxyl groups excluding tert-OH is 6. The molecule has 14 aliphatic heterocycles. The Hall–Kier alpha value is -8.22. The van der Waals surface area contributed by atoms with E-state index >= 15 is 0 Å². The Bertz CT molecular complexity index is 4110. The number of carbonyl (C=O) groups is 14. The van der Waals surface area contributed by atoms with Gasteiger partial charge in [0.05, 0.1) is 61.3 Å². The molecule has 0 bridgehead atoms. The largest absolute Gasteiger partial charge is 0.444 e. The van der Waals surface area contributed by atoms with Gasteiger partial charge in [-0.3, -0.25) is 88.6 Å². The van der Waals surface area contributed by atoms with Gasteiger partial charge in [0, 0.05) is 75.5 Å². The number of ether oxygens (including phenoxy) is 2. The Morgan fingerprint density at radius 2 is 0.669 bits per heavy atom. The van der Waals surface area contributed by atoms with E-state index in [1.807, 2.05) is 41.5 Å². The van der Waals surface area contributed by atoms with Crippen LogP contribution in [0.4, 0.5) is 9.59 Å². The highest BCUT2D eigenvalue weighted by molar-refractivity contribution is 6.04. The van der Waals surface area contributed by atoms with E-state index < -0.39 is 159 Å². The van der Waals surface area contributed by atoms with Crippen LogP contribution in [0.3, 0.4) is 0 Å². The predicted molar refractivity (Wildman–Crippen MR) is 463 cm³/mol. The van der Waals surface area contributed by atoms with E-state index in [2.05, 4.69) is 35.1 Å². The third kappa shape index (κ3) is 19.5. The smallest absolute Gasteiger partial charge is 0.411 e. The third-order valence-corrected chi connectivity index (χ3v) is 28.6. The Balaban J connectivity index is 0.000000173. The summed E-state index contributed by atoms with van der Waals surface area (Å²) >= 11 is 0. The number of hydrogen-bond acceptors (Lipinski definition) is 26. The quantitative estimate of drug-likeness (QED) is 0.0672. The second kappa shape index (κ2) is 38.7. The fraction of sp³-hybridized carbons (Fsp3) is 0.839. The molecule has 14 amide bonds. The van der Waals surface area contributed by atoms with E-state index in [-0.39, 0.29) is 78.0 Å². The van der Waals surface area contributed by atoms with Gasteiger partial charge in [-0.2, -0.15) is 0 Å². The lowest BCUT2D eigenvalue weighted by molar-refractivity contribution is -0.183. The number of amides is 14. The summed E-state index contributed by atoms with van der Waals surface area (Å²) < 4.78 is 10.9. The molecule has 0 aliphatic carbocycles. The first-order valence-electron chi connectivity index (χ1n) is 45.7. The number of nitrogens with two attached hydrogens (primary N) is 4. The molecule has 0 aromatic rings. The van der Waals surface area contributed by atoms with Crippen LogP contribution in [0.15, 0.2) is 0 Å². The maximum absolute atomic E-state index is 13.0. The van der Waals surface area contributed by atoms with Crippen molar-refractivity contribution in [3.8, 4) is 0 Å². The molecule has 17 unspecified atom stereocenters. The van der Waals surface area contributed by atoms with Crippen LogP contribution in [0.1, 0.15) is 248 Å². The van der Waals surface area contributed by atoms with Crippen molar-refractivity contribution in [2.45, 2.75) is 420 Å². The summed E-state index contributed by atoms with van der Waals surface area (Å²) in [5.74, 6) is -4.06. The fourth-order valence-corrected chi connectivity index (χ4v) is 22.1. The van der Waals surface area contributed by atoms with Gasteiger partial charge in [0.2, 0.25) is 59.1 Å². The van der Waals surface area contributed by atoms with Crippen LogP contribution in [0, 0.1) is 0 Å². The minimum atomic E-state index is -1.11. The number of likely N-dealkylation sites (tertiary alicyclic amines) is 10. The number of β-lactam (4-membered cyclic amide) rings is 6. The van der Waals surface area contributed by atoms with Crippen LogP contribution < -0.4 is 44.2 Å². The molecule has 14 heterocycles. The molecule has 40 nitrogen and oxygen atoms in total. The molecule has 14 aliphatic rings. The molecular weight excluding hydrogens is 1650 g/mol. The van der Waals surface area contributed by atoms with Crippen molar-refractivity contribution in [2.24, 2.45) is 22.9 Å². The minimum Gasteiger partial charge on any atom is -0.444 e. The average Bonchev–Trinajstić information content (AvgIpc) is 1.60. The lowest BCUT2D eigenvalue weighted by Gasteiger charge is -2.59. The molecule has 0 saturated carbocycles. The number of primary amides is 4. The number of rotatable bonds is 18. The van der Waals surface area contributed by atoms with Gasteiger partial charge < -0.3 is 102 Å². The Morgan fingerprint density at radius 3 is 0.969 bits per heavy atom. The summed E-state index contributed by atoms with van der Waals surface area (Å²) in [6, 6.07) is -5.12. The number of nitrogens with zero attached hydrogens (tertiary/aromatic N) is 10. The molecular formula is C87H148N18O22. The lowest BCUT2D eigenvalue weighted by Crippen LogP contribution is -2.82. The average molecular weight is 1800 g/mol. The standard InChI is InChI=1S/C17H29N3O5.C16H27N3O5.C16H27N3O3.C15H25N3O3.C12H21N3O3.C11H19N3O3/c1-9-7-8-17(20(9)15(24)25-16(4,5)6)11(3)19(14(17)23)12(10(2)21)13(18)22;1-9-6-7-16(19(9)14(23)24-15(3,4)5)8-18(13(16)22)11(10(2)20)12(17)21;1-10-6-7-16(17-10)12(3)19(15(16)22)13(11(2)20)14(21)18-8-4-5-9-18;1-10-5-6-15(16-10)9-18(14(15)21)12(11(2)19)13(20)17-7-3-4-8-17;1-6-4-5-12(14-6)8(3)15(11(12)18)9(7(2)16)10(13)17;1-6-3-4-11(13-6)5-14(10(11)17)8(7(2)15)9(12)16/h9-12,21H,7-8H2,1-6H3,(H2,18,22);9-11,20H,6-8H2,1-5H3,(H2,17,21);10-13,17,20H,4-9H2,1-3H3;10-12,16,19H,3-9H2,1-2H3;6-9,14,16H,4-5H2,1-3H3,(H2,13,17);6-8,13,15H,3-5H2,1-2H3,(H2,12,16)/t9?,10-,11?,12?,17?;9?,10-,11+,16?;10?,11-,12?,13+,16?;10?,11?,12-,15?;6?,7-,8?,9+,12?;6?,7-,8+,11?/m111011/s1. The van der Waals surface area contributed by atoms with Crippen molar-refractivity contribution in [1.82, 2.24) is 70.3 Å². The fourth-order valence-electron chi connectivity index (χ4n) is 22.1. The highest BCUT2D eigenvalue weighted by Crippen LogP contribution is 2.50. The highest BCUT2D eigenvalue weighted by Gasteiger charge is 2.71. The van der Waals surface area contributed by atoms with Crippen LogP contribution in [0.5, 0.6) is 0 Å². The molecule has 14 rings (SSSR count). The highest BCUT2D eigenvalue weighted by atomic mass is 16.6. The first-order valence-corrected chi connectivity index (χ1v) is 45.7. The summed E-state index contributed by atoms with van der Waals surface area (Å²) in [5, 5.41) is 72.2. The molecule has 0 radical (unpaired) electrons. The molecule has 0 aromatic heterocycles. The number of aliphatic hydroxyl groups is 6. The number of hydrogen-bond donors (Lipinski definition) is 14. The lowest BCUT2D eigenvalue weighted by atomic mass is 9.75. The maximum atomic E-state index is 13.0. The third-order valence-electron chi connectivity index (χ3n) is 28.6. The van der Waals surface area contributed by atoms with Crippen molar-refractivity contribution in [3.63, 3.8) is 0 Å². The number of nitrogens with one attached hydrogen (secondary N) is 4. The molecule has 14 fully saturated rings. The molecule has 27 atom stereocenters. The summed E-state index contributed by atoms with van der Waals surface area (Å²) in [6.07, 6.45) is 6.63. The van der Waals surface area contributed by atoms with Crippen LogP contribution in [0.25, 0.3) is 0 Å². The first-order chi connectivity index (χ1) is 58.8. The molecule has 14 saturated heterocycles. The van der Waals surface area contributed by atoms with Crippen molar-refractivity contribution >= 4 is 83.1 Å². The molecule has 127 heavy (non-hydrogen) atoms. The van der Waals surface area contributed by atoms with Crippen LogP contribution >= 0.6 is 0 Å². The van der Waals surface area contributed by atoms with E-state index in [0.29, 0.717) is 62.9 Å². The SMILES string of the molecule is CC1CCC2(C(=O)N(C(C(N)=O)[C@@H](C)O)C2C)N1C(=O)OC(C)(C)C.CC1CCC2(CN([C@H](C(=O)N3CCCC3)C(C)O)C2=O)N1.CC1CCC2(CN([C@H](C(N)=O)[C@@H](C)O)C2=O)N1.CC1CCC2(CN([C@H](C(N)=O)[C@@H](C)O)C2=O)N1C(=O)OC(C)(C)C.CC1CCC2(N1)C(=O)N([C@H](C(=O)N1CCCC1)[C@@H](C)O)C2C.CC1CCC2(N1)C(=O)N([C@H](C(N)=O)[C@@H](C)O)C2C. The summed E-state index contributed by atoms with van der Waals surface area (Å²) in [5.41, 5.74) is 15.7. The van der Waals surface area contributed by atoms with Gasteiger partial charge in [0.1, 0.15) is 80.7 Å². The van der Waals surface area contributed by atoms with Crippen molar-refractivity contribution in [1.29, 1.82) is 0 Å². The monoisotopic (exact) mass is 1800 g/mol. The second-order valence-electron chi connectivity index (χ2n) is 40.6. The van der Waals surface area contributed by atoms with Crippen LogP contribution in [-0.2, 0) is 67.0 Å². The van der Waals surface area contributed by atoms with E-state index in [9.17, 15) is 97.8 Å². The van der Waals surface area contributed by atoms with Gasteiger partial charge in [0.25, 0.3) is 11.8 Å². The minimum absolute atomic E-state index is 0.0229. The summed E-state index contributed by atoms with van der Waals surface area (Å²) in [4.78, 5) is 187. The van der Waals surface area contributed by atoms with E-state index in [1.165, 1.54) is 57.1 Å². The second-order valence-corrected chi connectivity index (χ2v) is 40.6. The molecule has 718 valence electrons. The predicted octanol–water partition coefficient (Wildman–Crippen LogP) is -1.82. The molecule has 18 N–H and O–H groups in total. The van der Waals surface area contributed by atoms with Gasteiger partial charge in [0.15, 0.2) is 0 Å². The molecule has 40 heteroatoms. The van der Waals surface area contributed by atoms with E-state index in [1.54, 1.807) is 81.9 Å². The van der Waals surface area contributed by atoms with Crippen LogP contribution in [0.2, 0.25) is 0 Å². The summed E-state index contributed by atoms with van der Waals surface area (Å²) in [6.45, 7) is 41.3. The Labute approximate surface area is 745 Å². The maximum Gasteiger partial charge on any atom is 0.411 e. The number of carbonyl (C=O) groups excluding carboxylic acids is 14. The normalized spacial score (nSPS) is 34.4. The Kier molecular flexibility index (Phi) is 31.2.